The second-order valence-corrected chi connectivity index (χ2v) is 3.75. The van der Waals surface area contributed by atoms with Crippen molar-refractivity contribution in [3.05, 3.63) is 24.2 Å². The number of nitrogens with zero attached hydrogens (tertiary/aromatic N) is 3. The quantitative estimate of drug-likeness (QED) is 0.824. The van der Waals surface area contributed by atoms with Crippen LogP contribution in [0.5, 0.6) is 0 Å². The minimum Gasteiger partial charge on any atom is -0.480 e. The summed E-state index contributed by atoms with van der Waals surface area (Å²) in [6, 6.07) is 3.35. The summed E-state index contributed by atoms with van der Waals surface area (Å²) < 4.78 is 6.31. The summed E-state index contributed by atoms with van der Waals surface area (Å²) in [7, 11) is 0. The molecule has 0 aromatic carbocycles. The summed E-state index contributed by atoms with van der Waals surface area (Å²) in [4.78, 5) is 14.9. The van der Waals surface area contributed by atoms with E-state index in [9.17, 15) is 9.90 Å². The van der Waals surface area contributed by atoms with Gasteiger partial charge in [-0.05, 0) is 18.6 Å². The first kappa shape index (κ1) is 12.3. The maximum atomic E-state index is 10.7. The van der Waals surface area contributed by atoms with E-state index in [1.807, 2.05) is 0 Å². The minimum atomic E-state index is -1.05. The smallest absolute Gasteiger partial charge is 0.325 e. The highest BCUT2D eigenvalue weighted by Crippen LogP contribution is 2.20. The van der Waals surface area contributed by atoms with Crippen molar-refractivity contribution in [2.75, 3.05) is 0 Å². The molecule has 2 N–H and O–H groups in total. The van der Waals surface area contributed by atoms with Gasteiger partial charge in [-0.3, -0.25) is 4.79 Å². The van der Waals surface area contributed by atoms with Gasteiger partial charge in [-0.25, -0.2) is 9.67 Å². The van der Waals surface area contributed by atoms with Gasteiger partial charge in [0.15, 0.2) is 11.6 Å². The van der Waals surface area contributed by atoms with Crippen molar-refractivity contribution < 1.29 is 19.4 Å². The number of aliphatic hydroxyl groups excluding tert-OH is 1. The van der Waals surface area contributed by atoms with Crippen LogP contribution in [0, 0.1) is 0 Å². The third kappa shape index (κ3) is 2.40. The van der Waals surface area contributed by atoms with Gasteiger partial charge in [0.1, 0.15) is 12.6 Å². The van der Waals surface area contributed by atoms with E-state index in [1.54, 1.807) is 19.1 Å². The molecule has 2 heterocycles. The van der Waals surface area contributed by atoms with Crippen LogP contribution in [0.4, 0.5) is 0 Å². The molecule has 1 atom stereocenters. The Bertz CT molecular complexity index is 532. The molecule has 0 saturated heterocycles. The second kappa shape index (κ2) is 5.01. The molecule has 0 amide bonds. The summed E-state index contributed by atoms with van der Waals surface area (Å²) in [5.74, 6) is -0.116. The highest BCUT2D eigenvalue weighted by atomic mass is 16.4. The Morgan fingerprint density at radius 3 is 2.94 bits per heavy atom. The van der Waals surface area contributed by atoms with Crippen LogP contribution >= 0.6 is 0 Å². The van der Waals surface area contributed by atoms with E-state index < -0.39 is 12.1 Å². The highest BCUT2D eigenvalue weighted by molar-refractivity contribution is 5.66. The molecule has 2 aromatic heterocycles. The maximum Gasteiger partial charge on any atom is 0.325 e. The number of hydrogen-bond acceptors (Lipinski definition) is 5. The lowest BCUT2D eigenvalue weighted by molar-refractivity contribution is -0.138. The largest absolute Gasteiger partial charge is 0.480 e. The van der Waals surface area contributed by atoms with Gasteiger partial charge >= 0.3 is 5.97 Å². The molecule has 0 saturated carbocycles. The molecule has 0 radical (unpaired) electrons. The minimum absolute atomic E-state index is 0.228. The molecule has 18 heavy (non-hydrogen) atoms. The predicted molar refractivity (Wildman–Crippen MR) is 60.6 cm³/mol. The van der Waals surface area contributed by atoms with Crippen LogP contribution in [0.2, 0.25) is 0 Å². The predicted octanol–water partition coefficient (Wildman–Crippen LogP) is 1.07. The first-order valence-electron chi connectivity index (χ1n) is 5.50. The molecule has 0 unspecified atom stereocenters. The normalized spacial score (nSPS) is 12.6. The van der Waals surface area contributed by atoms with Gasteiger partial charge in [0.05, 0.1) is 6.26 Å². The monoisotopic (exact) mass is 251 g/mol. The van der Waals surface area contributed by atoms with Crippen molar-refractivity contribution in [3.63, 3.8) is 0 Å². The third-order valence-corrected chi connectivity index (χ3v) is 2.41. The molecule has 0 bridgehead atoms. The van der Waals surface area contributed by atoms with Gasteiger partial charge < -0.3 is 14.6 Å². The molecular formula is C11H13N3O4. The van der Waals surface area contributed by atoms with Gasteiger partial charge in [-0.15, -0.1) is 5.10 Å². The molecule has 0 aliphatic rings. The Morgan fingerprint density at radius 2 is 2.39 bits per heavy atom. The van der Waals surface area contributed by atoms with Crippen LogP contribution in [-0.4, -0.2) is 30.9 Å². The lowest BCUT2D eigenvalue weighted by Gasteiger charge is -2.07. The Hall–Kier alpha value is -2.15. The topological polar surface area (TPSA) is 101 Å². The Balaban J connectivity index is 2.40. The van der Waals surface area contributed by atoms with E-state index in [1.165, 1.54) is 10.9 Å². The number of hydrogen-bond donors (Lipinski definition) is 2. The van der Waals surface area contributed by atoms with Crippen LogP contribution in [-0.2, 0) is 11.3 Å². The van der Waals surface area contributed by atoms with Gasteiger partial charge in [-0.1, -0.05) is 6.92 Å². The summed E-state index contributed by atoms with van der Waals surface area (Å²) in [5, 5.41) is 22.6. The number of carboxylic acids is 1. The van der Waals surface area contributed by atoms with E-state index in [0.717, 1.165) is 0 Å². The van der Waals surface area contributed by atoms with Crippen LogP contribution in [0.15, 0.2) is 22.8 Å². The molecular weight excluding hydrogens is 238 g/mol. The number of carboxylic acid groups (broad SMARTS) is 1. The number of furan rings is 1. The van der Waals surface area contributed by atoms with E-state index >= 15 is 0 Å². The van der Waals surface area contributed by atoms with Crippen LogP contribution < -0.4 is 0 Å². The van der Waals surface area contributed by atoms with Crippen LogP contribution in [0.25, 0.3) is 11.6 Å². The van der Waals surface area contributed by atoms with Crippen molar-refractivity contribution in [2.45, 2.75) is 26.0 Å². The summed E-state index contributed by atoms with van der Waals surface area (Å²) in [6.07, 6.45) is 1.06. The molecule has 7 nitrogen and oxygen atoms in total. The molecule has 7 heteroatoms. The lowest BCUT2D eigenvalue weighted by atomic mass is 10.2. The maximum absolute atomic E-state index is 10.7. The fraction of sp³-hybridized carbons (Fsp3) is 0.364. The third-order valence-electron chi connectivity index (χ3n) is 2.41. The van der Waals surface area contributed by atoms with Crippen LogP contribution in [0.1, 0.15) is 25.3 Å². The van der Waals surface area contributed by atoms with Crippen molar-refractivity contribution in [3.8, 4) is 11.6 Å². The van der Waals surface area contributed by atoms with Crippen molar-refractivity contribution in [1.82, 2.24) is 14.8 Å². The second-order valence-electron chi connectivity index (χ2n) is 3.75. The molecule has 0 aliphatic heterocycles. The standard InChI is InChI=1S/C11H13N3O4/c1-2-7(15)11-12-10(8-4-3-5-18-8)13-14(11)6-9(16)17/h3-5,7,15H,2,6H2,1H3,(H,16,17)/t7-/m1/s1. The fourth-order valence-corrected chi connectivity index (χ4v) is 1.54. The van der Waals surface area contributed by atoms with E-state index in [-0.39, 0.29) is 18.2 Å². The van der Waals surface area contributed by atoms with Crippen molar-refractivity contribution in [1.29, 1.82) is 0 Å². The Kier molecular flexibility index (Phi) is 3.42. The van der Waals surface area contributed by atoms with Gasteiger partial charge in [0.25, 0.3) is 0 Å². The zero-order chi connectivity index (χ0) is 13.1. The molecule has 2 rings (SSSR count). The number of carbonyl (C=O) groups is 1. The fourth-order valence-electron chi connectivity index (χ4n) is 1.54. The number of aliphatic hydroxyl groups is 1. The summed E-state index contributed by atoms with van der Waals surface area (Å²) in [6.45, 7) is 1.43. The average molecular weight is 251 g/mol. The van der Waals surface area contributed by atoms with Crippen molar-refractivity contribution in [2.24, 2.45) is 0 Å². The number of aromatic nitrogens is 3. The van der Waals surface area contributed by atoms with E-state index in [0.29, 0.717) is 12.2 Å². The first-order chi connectivity index (χ1) is 8.61. The first-order valence-corrected chi connectivity index (χ1v) is 5.50. The molecule has 96 valence electrons. The van der Waals surface area contributed by atoms with Crippen molar-refractivity contribution >= 4 is 5.97 Å². The van der Waals surface area contributed by atoms with Gasteiger partial charge in [-0.2, -0.15) is 0 Å². The Labute approximate surface area is 103 Å². The number of aliphatic carboxylic acids is 1. The van der Waals surface area contributed by atoms with Crippen LogP contribution in [0.3, 0.4) is 0 Å². The molecule has 0 spiro atoms. The number of rotatable bonds is 5. The molecule has 0 aliphatic carbocycles. The molecule has 0 fully saturated rings. The SMILES string of the molecule is CC[C@@H](O)c1nc(-c2ccco2)nn1CC(=O)O. The summed E-state index contributed by atoms with van der Waals surface area (Å²) >= 11 is 0. The van der Waals surface area contributed by atoms with Gasteiger partial charge in [0.2, 0.25) is 5.82 Å². The highest BCUT2D eigenvalue weighted by Gasteiger charge is 2.19. The zero-order valence-corrected chi connectivity index (χ0v) is 9.78. The van der Waals surface area contributed by atoms with Gasteiger partial charge in [0, 0.05) is 0 Å². The lowest BCUT2D eigenvalue weighted by Crippen LogP contribution is -2.15. The zero-order valence-electron chi connectivity index (χ0n) is 9.78. The average Bonchev–Trinajstić information content (AvgIpc) is 2.95. The molecule has 2 aromatic rings. The van der Waals surface area contributed by atoms with E-state index in [4.69, 9.17) is 9.52 Å². The van der Waals surface area contributed by atoms with E-state index in [2.05, 4.69) is 10.1 Å². The Morgan fingerprint density at radius 1 is 1.61 bits per heavy atom. The summed E-state index contributed by atoms with van der Waals surface area (Å²) in [5.41, 5.74) is 0.